The molecule has 25 heavy (non-hydrogen) atoms. The second-order valence-electron chi connectivity index (χ2n) is 5.23. The number of ether oxygens (including phenoxy) is 2. The second-order valence-corrected chi connectivity index (χ2v) is 5.23. The quantitative estimate of drug-likeness (QED) is 0.406. The molecule has 0 radical (unpaired) electrons. The van der Waals surface area contributed by atoms with Crippen LogP contribution in [0, 0.1) is 0 Å². The van der Waals surface area contributed by atoms with Crippen LogP contribution in [0.4, 0.5) is 0 Å². The normalized spacial score (nSPS) is 10.6. The molecule has 0 saturated carbocycles. The van der Waals surface area contributed by atoms with Gasteiger partial charge in [0.1, 0.15) is 0 Å². The van der Waals surface area contributed by atoms with Gasteiger partial charge in [-0.2, -0.15) is 5.10 Å². The molecule has 0 fully saturated rings. The standard InChI is InChI=1S/C18H20N2O5/c1-24-16-7-4-13(10-17(16)25-2)11-19-20-18(23)8-5-12-3-6-14(21)15(22)9-12/h3-4,6-7,9-11,21-22H,5,8H2,1-2H3,(H,20,23)/b19-11+. The number of benzene rings is 2. The summed E-state index contributed by atoms with van der Waals surface area (Å²) in [7, 11) is 3.10. The molecule has 0 unspecified atom stereocenters. The molecule has 2 aromatic rings. The lowest BCUT2D eigenvalue weighted by molar-refractivity contribution is -0.121. The van der Waals surface area contributed by atoms with Crippen molar-refractivity contribution in [2.45, 2.75) is 12.8 Å². The number of aryl methyl sites for hydroxylation is 1. The Morgan fingerprint density at radius 3 is 2.52 bits per heavy atom. The second kappa shape index (κ2) is 8.58. The van der Waals surface area contributed by atoms with Crippen LogP contribution in [0.25, 0.3) is 0 Å². The third-order valence-electron chi connectivity index (χ3n) is 3.49. The summed E-state index contributed by atoms with van der Waals surface area (Å²) in [5.41, 5.74) is 3.94. The van der Waals surface area contributed by atoms with E-state index in [9.17, 15) is 15.0 Å². The topological polar surface area (TPSA) is 100 Å². The molecule has 0 aliphatic heterocycles. The lowest BCUT2D eigenvalue weighted by Gasteiger charge is -2.07. The van der Waals surface area contributed by atoms with Gasteiger partial charge in [0.25, 0.3) is 0 Å². The van der Waals surface area contributed by atoms with Gasteiger partial charge in [-0.1, -0.05) is 6.07 Å². The van der Waals surface area contributed by atoms with Crippen LogP contribution in [0.1, 0.15) is 17.5 Å². The maximum atomic E-state index is 11.8. The number of amides is 1. The van der Waals surface area contributed by atoms with Gasteiger partial charge >= 0.3 is 0 Å². The van der Waals surface area contributed by atoms with E-state index in [1.165, 1.54) is 18.3 Å². The fourth-order valence-electron chi connectivity index (χ4n) is 2.15. The number of phenols is 2. The van der Waals surface area contributed by atoms with Crippen LogP contribution in [0.15, 0.2) is 41.5 Å². The van der Waals surface area contributed by atoms with Crippen molar-refractivity contribution in [3.8, 4) is 23.0 Å². The summed E-state index contributed by atoms with van der Waals surface area (Å²) in [5.74, 6) is 0.534. The molecule has 2 aromatic carbocycles. The van der Waals surface area contributed by atoms with Crippen molar-refractivity contribution in [3.05, 3.63) is 47.5 Å². The molecule has 0 spiro atoms. The Morgan fingerprint density at radius 1 is 1.08 bits per heavy atom. The first-order valence-corrected chi connectivity index (χ1v) is 7.58. The first-order valence-electron chi connectivity index (χ1n) is 7.58. The van der Waals surface area contributed by atoms with Crippen molar-refractivity contribution >= 4 is 12.1 Å². The van der Waals surface area contributed by atoms with Crippen molar-refractivity contribution in [1.29, 1.82) is 0 Å². The van der Waals surface area contributed by atoms with Crippen LogP contribution in [-0.2, 0) is 11.2 Å². The first kappa shape index (κ1) is 18.1. The Morgan fingerprint density at radius 2 is 1.84 bits per heavy atom. The van der Waals surface area contributed by atoms with Gasteiger partial charge in [0.15, 0.2) is 23.0 Å². The summed E-state index contributed by atoms with van der Waals surface area (Å²) in [6.45, 7) is 0. The molecule has 2 rings (SSSR count). The van der Waals surface area contributed by atoms with E-state index in [0.29, 0.717) is 17.9 Å². The van der Waals surface area contributed by atoms with E-state index in [4.69, 9.17) is 9.47 Å². The number of hydrogen-bond acceptors (Lipinski definition) is 6. The van der Waals surface area contributed by atoms with E-state index in [1.807, 2.05) is 0 Å². The average molecular weight is 344 g/mol. The SMILES string of the molecule is COc1ccc(/C=N/NC(=O)CCc2ccc(O)c(O)c2)cc1OC. The fourth-order valence-corrected chi connectivity index (χ4v) is 2.15. The van der Waals surface area contributed by atoms with E-state index < -0.39 is 0 Å². The van der Waals surface area contributed by atoms with Crippen LogP contribution in [0.5, 0.6) is 23.0 Å². The smallest absolute Gasteiger partial charge is 0.240 e. The molecule has 0 bridgehead atoms. The predicted octanol–water partition coefficient (Wildman–Crippen LogP) is 2.20. The highest BCUT2D eigenvalue weighted by Crippen LogP contribution is 2.27. The van der Waals surface area contributed by atoms with Crippen LogP contribution >= 0.6 is 0 Å². The number of hydrazone groups is 1. The third-order valence-corrected chi connectivity index (χ3v) is 3.49. The Balaban J connectivity index is 1.86. The largest absolute Gasteiger partial charge is 0.504 e. The molecule has 132 valence electrons. The Kier molecular flexibility index (Phi) is 6.22. The van der Waals surface area contributed by atoms with Gasteiger partial charge in [0, 0.05) is 6.42 Å². The highest BCUT2D eigenvalue weighted by atomic mass is 16.5. The molecule has 0 aromatic heterocycles. The zero-order valence-electron chi connectivity index (χ0n) is 14.0. The van der Waals surface area contributed by atoms with Gasteiger partial charge in [-0.15, -0.1) is 0 Å². The summed E-state index contributed by atoms with van der Waals surface area (Å²) in [5, 5.41) is 22.6. The van der Waals surface area contributed by atoms with Crippen LogP contribution < -0.4 is 14.9 Å². The monoisotopic (exact) mass is 344 g/mol. The minimum absolute atomic E-state index is 0.187. The number of carbonyl (C=O) groups excluding carboxylic acids is 1. The van der Waals surface area contributed by atoms with Gasteiger partial charge in [0.05, 0.1) is 20.4 Å². The van der Waals surface area contributed by atoms with Gasteiger partial charge in [-0.05, 0) is 47.9 Å². The number of methoxy groups -OCH3 is 2. The third kappa shape index (κ3) is 5.13. The summed E-state index contributed by atoms with van der Waals surface area (Å²) in [4.78, 5) is 11.8. The summed E-state index contributed by atoms with van der Waals surface area (Å²) < 4.78 is 10.3. The summed E-state index contributed by atoms with van der Waals surface area (Å²) in [6, 6.07) is 9.74. The van der Waals surface area contributed by atoms with E-state index in [2.05, 4.69) is 10.5 Å². The van der Waals surface area contributed by atoms with Crippen molar-refractivity contribution in [2.75, 3.05) is 14.2 Å². The first-order chi connectivity index (χ1) is 12.0. The lowest BCUT2D eigenvalue weighted by Crippen LogP contribution is -2.17. The number of rotatable bonds is 7. The zero-order valence-corrected chi connectivity index (χ0v) is 14.0. The predicted molar refractivity (Wildman–Crippen MR) is 93.4 cm³/mol. The van der Waals surface area contributed by atoms with Crippen molar-refractivity contribution in [3.63, 3.8) is 0 Å². The highest BCUT2D eigenvalue weighted by molar-refractivity contribution is 5.83. The molecule has 7 heteroatoms. The number of aromatic hydroxyl groups is 2. The number of carbonyl (C=O) groups is 1. The van der Waals surface area contributed by atoms with E-state index in [0.717, 1.165) is 11.1 Å². The minimum Gasteiger partial charge on any atom is -0.504 e. The number of hydrogen-bond donors (Lipinski definition) is 3. The average Bonchev–Trinajstić information content (AvgIpc) is 2.62. The molecule has 3 N–H and O–H groups in total. The van der Waals surface area contributed by atoms with Crippen molar-refractivity contribution in [2.24, 2.45) is 5.10 Å². The highest BCUT2D eigenvalue weighted by Gasteiger charge is 2.05. The van der Waals surface area contributed by atoms with Gasteiger partial charge < -0.3 is 19.7 Å². The number of nitrogens with one attached hydrogen (secondary N) is 1. The van der Waals surface area contributed by atoms with Crippen molar-refractivity contribution < 1.29 is 24.5 Å². The molecule has 0 saturated heterocycles. The minimum atomic E-state index is -0.260. The van der Waals surface area contributed by atoms with Gasteiger partial charge in [-0.25, -0.2) is 5.43 Å². The van der Waals surface area contributed by atoms with Gasteiger partial charge in [0.2, 0.25) is 5.91 Å². The zero-order chi connectivity index (χ0) is 18.2. The molecular weight excluding hydrogens is 324 g/mol. The maximum Gasteiger partial charge on any atom is 0.240 e. The van der Waals surface area contributed by atoms with E-state index in [-0.39, 0.29) is 23.8 Å². The molecule has 1 amide bonds. The fraction of sp³-hybridized carbons (Fsp3) is 0.222. The number of nitrogens with zero attached hydrogens (tertiary/aromatic N) is 1. The van der Waals surface area contributed by atoms with E-state index >= 15 is 0 Å². The van der Waals surface area contributed by atoms with Crippen LogP contribution in [0.3, 0.4) is 0 Å². The molecule has 0 atom stereocenters. The number of phenolic OH excluding ortho intramolecular Hbond substituents is 2. The lowest BCUT2D eigenvalue weighted by atomic mass is 10.1. The molecule has 7 nitrogen and oxygen atoms in total. The molecular formula is C18H20N2O5. The molecule has 0 heterocycles. The van der Waals surface area contributed by atoms with Crippen molar-refractivity contribution in [1.82, 2.24) is 5.43 Å². The summed E-state index contributed by atoms with van der Waals surface area (Å²) >= 11 is 0. The summed E-state index contributed by atoms with van der Waals surface area (Å²) in [6.07, 6.45) is 2.13. The van der Waals surface area contributed by atoms with E-state index in [1.54, 1.807) is 38.5 Å². The van der Waals surface area contributed by atoms with Gasteiger partial charge in [-0.3, -0.25) is 4.79 Å². The van der Waals surface area contributed by atoms with Crippen LogP contribution in [-0.4, -0.2) is 36.6 Å². The molecule has 0 aliphatic rings. The van der Waals surface area contributed by atoms with Crippen LogP contribution in [0.2, 0.25) is 0 Å². The Bertz CT molecular complexity index is 774. The maximum absolute atomic E-state index is 11.8. The molecule has 0 aliphatic carbocycles. The Labute approximate surface area is 145 Å². The Hall–Kier alpha value is -3.22.